The summed E-state index contributed by atoms with van der Waals surface area (Å²) < 4.78 is 0. The third-order valence-corrected chi connectivity index (χ3v) is 3.22. The van der Waals surface area contributed by atoms with Crippen molar-refractivity contribution in [3.8, 4) is 0 Å². The maximum absolute atomic E-state index is 12.4. The molecule has 1 aliphatic rings. The fourth-order valence-electron chi connectivity index (χ4n) is 2.32. The Balaban J connectivity index is 2.18. The minimum absolute atomic E-state index is 0.0917. The summed E-state index contributed by atoms with van der Waals surface area (Å²) in [6, 6.07) is 3.64. The second kappa shape index (κ2) is 5.17. The number of hydrogen-bond acceptors (Lipinski definition) is 3. The molecule has 4 nitrogen and oxygen atoms in total. The van der Waals surface area contributed by atoms with Crippen molar-refractivity contribution in [3.05, 3.63) is 23.9 Å². The van der Waals surface area contributed by atoms with E-state index in [0.717, 1.165) is 19.5 Å². The minimum Gasteiger partial charge on any atom is -0.372 e. The highest BCUT2D eigenvalue weighted by molar-refractivity contribution is 5.98. The van der Waals surface area contributed by atoms with E-state index in [-0.39, 0.29) is 5.91 Å². The van der Waals surface area contributed by atoms with Gasteiger partial charge in [0.2, 0.25) is 0 Å². The van der Waals surface area contributed by atoms with Crippen molar-refractivity contribution in [2.45, 2.75) is 19.8 Å². The predicted octanol–water partition coefficient (Wildman–Crippen LogP) is 2.00. The molecule has 1 amide bonds. The third kappa shape index (κ3) is 2.57. The molecule has 2 heterocycles. The number of aromatic nitrogens is 1. The molecule has 1 aromatic heterocycles. The Morgan fingerprint density at radius 1 is 1.59 bits per heavy atom. The van der Waals surface area contributed by atoms with Crippen molar-refractivity contribution >= 4 is 11.7 Å². The number of carbonyl (C=O) groups excluding carboxylic acids is 1. The summed E-state index contributed by atoms with van der Waals surface area (Å²) in [6.07, 6.45) is 4.01. The van der Waals surface area contributed by atoms with Gasteiger partial charge in [0.15, 0.2) is 0 Å². The first-order chi connectivity index (χ1) is 8.22. The molecule has 1 atom stereocenters. The molecule has 1 fully saturated rings. The lowest BCUT2D eigenvalue weighted by atomic mass is 9.99. The number of likely N-dealkylation sites (tertiary alicyclic amines) is 1. The summed E-state index contributed by atoms with van der Waals surface area (Å²) in [4.78, 5) is 18.5. The Hall–Kier alpha value is -1.58. The van der Waals surface area contributed by atoms with E-state index in [2.05, 4.69) is 17.2 Å². The molecule has 92 valence electrons. The van der Waals surface area contributed by atoms with Crippen LogP contribution in [0.5, 0.6) is 0 Å². The number of carbonyl (C=O) groups is 1. The second-order valence-corrected chi connectivity index (χ2v) is 4.65. The standard InChI is InChI=1S/C13H19N3O/c1-10-5-4-8-16(9-10)13(17)11-6-3-7-15-12(11)14-2/h3,6-7,10H,4-5,8-9H2,1-2H3,(H,14,15). The van der Waals surface area contributed by atoms with Gasteiger partial charge in [-0.1, -0.05) is 6.92 Å². The maximum atomic E-state index is 12.4. The topological polar surface area (TPSA) is 45.2 Å². The first kappa shape index (κ1) is 11.9. The predicted molar refractivity (Wildman–Crippen MR) is 68.1 cm³/mol. The molecular weight excluding hydrogens is 214 g/mol. The van der Waals surface area contributed by atoms with Gasteiger partial charge in [0.05, 0.1) is 5.56 Å². The molecule has 0 spiro atoms. The van der Waals surface area contributed by atoms with Gasteiger partial charge < -0.3 is 10.2 Å². The molecule has 0 bridgehead atoms. The van der Waals surface area contributed by atoms with Gasteiger partial charge in [-0.15, -0.1) is 0 Å². The van der Waals surface area contributed by atoms with E-state index in [1.165, 1.54) is 6.42 Å². The first-order valence-electron chi connectivity index (χ1n) is 6.14. The monoisotopic (exact) mass is 233 g/mol. The lowest BCUT2D eigenvalue weighted by Crippen LogP contribution is -2.39. The molecule has 17 heavy (non-hydrogen) atoms. The smallest absolute Gasteiger partial charge is 0.257 e. The van der Waals surface area contributed by atoms with Gasteiger partial charge in [0, 0.05) is 26.3 Å². The molecule has 1 unspecified atom stereocenters. The van der Waals surface area contributed by atoms with E-state index < -0.39 is 0 Å². The van der Waals surface area contributed by atoms with Crippen molar-refractivity contribution in [2.75, 3.05) is 25.5 Å². The van der Waals surface area contributed by atoms with Crippen molar-refractivity contribution in [3.63, 3.8) is 0 Å². The zero-order valence-corrected chi connectivity index (χ0v) is 10.4. The third-order valence-electron chi connectivity index (χ3n) is 3.22. The molecular formula is C13H19N3O. The Morgan fingerprint density at radius 2 is 2.41 bits per heavy atom. The fraction of sp³-hybridized carbons (Fsp3) is 0.538. The van der Waals surface area contributed by atoms with Crippen LogP contribution in [-0.4, -0.2) is 35.9 Å². The number of piperidine rings is 1. The van der Waals surface area contributed by atoms with Gasteiger partial charge in [-0.05, 0) is 30.9 Å². The summed E-state index contributed by atoms with van der Waals surface area (Å²) >= 11 is 0. The van der Waals surface area contributed by atoms with Crippen LogP contribution >= 0.6 is 0 Å². The Labute approximate surface area is 102 Å². The fourth-order valence-corrected chi connectivity index (χ4v) is 2.32. The van der Waals surface area contributed by atoms with Crippen LogP contribution in [0.25, 0.3) is 0 Å². The van der Waals surface area contributed by atoms with Gasteiger partial charge in [-0.2, -0.15) is 0 Å². The van der Waals surface area contributed by atoms with E-state index in [0.29, 0.717) is 17.3 Å². The normalized spacial score (nSPS) is 20.1. The number of hydrogen-bond donors (Lipinski definition) is 1. The van der Waals surface area contributed by atoms with Crippen molar-refractivity contribution in [1.29, 1.82) is 0 Å². The first-order valence-corrected chi connectivity index (χ1v) is 6.14. The Kier molecular flexibility index (Phi) is 3.61. The molecule has 1 aliphatic heterocycles. The van der Waals surface area contributed by atoms with Gasteiger partial charge >= 0.3 is 0 Å². The molecule has 1 saturated heterocycles. The highest BCUT2D eigenvalue weighted by Crippen LogP contribution is 2.20. The van der Waals surface area contributed by atoms with Crippen molar-refractivity contribution < 1.29 is 4.79 Å². The average molecular weight is 233 g/mol. The van der Waals surface area contributed by atoms with Gasteiger partial charge in [0.1, 0.15) is 5.82 Å². The van der Waals surface area contributed by atoms with E-state index in [9.17, 15) is 4.79 Å². The zero-order valence-electron chi connectivity index (χ0n) is 10.4. The van der Waals surface area contributed by atoms with Gasteiger partial charge in [-0.25, -0.2) is 4.98 Å². The van der Waals surface area contributed by atoms with Crippen LogP contribution in [0.15, 0.2) is 18.3 Å². The summed E-state index contributed by atoms with van der Waals surface area (Å²) in [5.41, 5.74) is 0.670. The molecule has 1 aromatic rings. The van der Waals surface area contributed by atoms with E-state index >= 15 is 0 Å². The number of anilines is 1. The molecule has 0 saturated carbocycles. The van der Waals surface area contributed by atoms with E-state index in [1.807, 2.05) is 11.0 Å². The van der Waals surface area contributed by atoms with Gasteiger partial charge in [0.25, 0.3) is 5.91 Å². The number of pyridine rings is 1. The molecule has 2 rings (SSSR count). The molecule has 1 N–H and O–H groups in total. The number of nitrogens with one attached hydrogen (secondary N) is 1. The lowest BCUT2D eigenvalue weighted by molar-refractivity contribution is 0.0683. The van der Waals surface area contributed by atoms with Crippen LogP contribution in [0, 0.1) is 5.92 Å². The number of nitrogens with zero attached hydrogens (tertiary/aromatic N) is 2. The summed E-state index contributed by atoms with van der Waals surface area (Å²) in [5.74, 6) is 1.35. The van der Waals surface area contributed by atoms with Crippen LogP contribution in [-0.2, 0) is 0 Å². The lowest BCUT2D eigenvalue weighted by Gasteiger charge is -2.31. The average Bonchev–Trinajstić information content (AvgIpc) is 2.38. The highest BCUT2D eigenvalue weighted by Gasteiger charge is 2.23. The Bertz CT molecular complexity index is 405. The maximum Gasteiger partial charge on any atom is 0.257 e. The van der Waals surface area contributed by atoms with E-state index in [4.69, 9.17) is 0 Å². The van der Waals surface area contributed by atoms with Crippen LogP contribution in [0.1, 0.15) is 30.1 Å². The molecule has 4 heteroatoms. The van der Waals surface area contributed by atoms with Crippen LogP contribution in [0.2, 0.25) is 0 Å². The van der Waals surface area contributed by atoms with Crippen LogP contribution in [0.4, 0.5) is 5.82 Å². The SMILES string of the molecule is CNc1ncccc1C(=O)N1CCCC(C)C1. The summed E-state index contributed by atoms with van der Waals surface area (Å²) in [6.45, 7) is 3.92. The molecule has 0 aliphatic carbocycles. The summed E-state index contributed by atoms with van der Waals surface area (Å²) in [7, 11) is 1.79. The van der Waals surface area contributed by atoms with Crippen LogP contribution in [0.3, 0.4) is 0 Å². The quantitative estimate of drug-likeness (QED) is 0.849. The Morgan fingerprint density at radius 3 is 3.12 bits per heavy atom. The number of amides is 1. The van der Waals surface area contributed by atoms with Crippen molar-refractivity contribution in [2.24, 2.45) is 5.92 Å². The summed E-state index contributed by atoms with van der Waals surface area (Å²) in [5, 5.41) is 2.97. The number of rotatable bonds is 2. The van der Waals surface area contributed by atoms with Gasteiger partial charge in [-0.3, -0.25) is 4.79 Å². The van der Waals surface area contributed by atoms with Crippen molar-refractivity contribution in [1.82, 2.24) is 9.88 Å². The zero-order chi connectivity index (χ0) is 12.3. The minimum atomic E-state index is 0.0917. The largest absolute Gasteiger partial charge is 0.372 e. The second-order valence-electron chi connectivity index (χ2n) is 4.65. The van der Waals surface area contributed by atoms with Crippen LogP contribution < -0.4 is 5.32 Å². The van der Waals surface area contributed by atoms with E-state index in [1.54, 1.807) is 19.3 Å². The highest BCUT2D eigenvalue weighted by atomic mass is 16.2. The molecule has 0 radical (unpaired) electrons. The molecule has 0 aromatic carbocycles.